The monoisotopic (exact) mass is 454 g/mol. The van der Waals surface area contributed by atoms with Crippen molar-refractivity contribution in [3.8, 4) is 21.8 Å². The first-order valence-electron chi connectivity index (χ1n) is 9.41. The van der Waals surface area contributed by atoms with Gasteiger partial charge >= 0.3 is 5.76 Å². The van der Waals surface area contributed by atoms with E-state index in [4.69, 9.17) is 11.6 Å². The molecule has 4 aromatic rings. The van der Waals surface area contributed by atoms with Gasteiger partial charge in [0.15, 0.2) is 5.82 Å². The molecule has 3 N–H and O–H groups in total. The Morgan fingerprint density at radius 2 is 1.87 bits per heavy atom. The molecule has 0 aliphatic carbocycles. The van der Waals surface area contributed by atoms with Crippen LogP contribution in [0.3, 0.4) is 0 Å². The lowest BCUT2D eigenvalue weighted by Crippen LogP contribution is -2.44. The number of aromatic amines is 1. The molecule has 2 aromatic heterocycles. The number of benzene rings is 2. The Morgan fingerprint density at radius 1 is 1.10 bits per heavy atom. The number of carbonyl (C=O) groups is 1. The second-order valence-corrected chi connectivity index (χ2v) is 8.78. The molecule has 0 fully saturated rings. The average molecular weight is 455 g/mol. The molecule has 0 radical (unpaired) electrons. The molecular formula is C22H19ClN4O3S. The van der Waals surface area contributed by atoms with Gasteiger partial charge in [0.2, 0.25) is 5.91 Å². The topological polar surface area (TPSA) is 100 Å². The molecule has 0 saturated carbocycles. The maximum Gasteiger partial charge on any atom is 0.439 e. The summed E-state index contributed by atoms with van der Waals surface area (Å²) in [7, 11) is 0. The number of rotatable bonds is 6. The standard InChI is InChI=1S/C22H19ClN4O3S/c1-22(2,26-16-8-6-15(23)7-9-16)20(28)24-17-5-3-4-13(10-17)14-11-18(31-12-14)19-25-21(29)30-27-19/h3-12,26H,1-2H3,(H,24,28)(H,25,27,29). The van der Waals surface area contributed by atoms with Crippen LogP contribution >= 0.6 is 22.9 Å². The first-order valence-corrected chi connectivity index (χ1v) is 10.7. The van der Waals surface area contributed by atoms with E-state index in [9.17, 15) is 9.59 Å². The van der Waals surface area contributed by atoms with E-state index < -0.39 is 11.3 Å². The third kappa shape index (κ3) is 4.87. The molecule has 0 bridgehead atoms. The minimum Gasteiger partial charge on any atom is -0.372 e. The smallest absolute Gasteiger partial charge is 0.372 e. The lowest BCUT2D eigenvalue weighted by molar-refractivity contribution is -0.119. The summed E-state index contributed by atoms with van der Waals surface area (Å²) < 4.78 is 4.56. The van der Waals surface area contributed by atoms with Gasteiger partial charge < -0.3 is 10.6 Å². The Kier molecular flexibility index (Phi) is 5.67. The van der Waals surface area contributed by atoms with E-state index in [1.165, 1.54) is 11.3 Å². The Morgan fingerprint density at radius 3 is 2.58 bits per heavy atom. The molecule has 0 saturated heterocycles. The molecule has 0 unspecified atom stereocenters. The van der Waals surface area contributed by atoms with Crippen molar-refractivity contribution in [2.75, 3.05) is 10.6 Å². The molecule has 0 atom stereocenters. The second kappa shape index (κ2) is 8.41. The van der Waals surface area contributed by atoms with Crippen molar-refractivity contribution in [1.29, 1.82) is 0 Å². The summed E-state index contributed by atoms with van der Waals surface area (Å²) in [6.07, 6.45) is 0. The molecule has 0 spiro atoms. The summed E-state index contributed by atoms with van der Waals surface area (Å²) in [5.41, 5.74) is 2.50. The molecule has 2 aromatic carbocycles. The normalized spacial score (nSPS) is 11.3. The number of nitrogens with one attached hydrogen (secondary N) is 3. The number of anilines is 2. The quantitative estimate of drug-likeness (QED) is 0.370. The van der Waals surface area contributed by atoms with Gasteiger partial charge in [0.1, 0.15) is 5.54 Å². The summed E-state index contributed by atoms with van der Waals surface area (Å²) in [4.78, 5) is 27.4. The van der Waals surface area contributed by atoms with E-state index in [2.05, 4.69) is 25.3 Å². The van der Waals surface area contributed by atoms with Gasteiger partial charge in [-0.3, -0.25) is 14.3 Å². The fourth-order valence-electron chi connectivity index (χ4n) is 2.96. The van der Waals surface area contributed by atoms with E-state index in [1.807, 2.05) is 61.7 Å². The number of hydrogen-bond acceptors (Lipinski definition) is 6. The van der Waals surface area contributed by atoms with Crippen LogP contribution in [0.5, 0.6) is 0 Å². The maximum atomic E-state index is 12.9. The van der Waals surface area contributed by atoms with Gasteiger partial charge in [-0.15, -0.1) is 11.3 Å². The Balaban J connectivity index is 1.49. The highest BCUT2D eigenvalue weighted by molar-refractivity contribution is 7.13. The molecule has 1 amide bonds. The van der Waals surface area contributed by atoms with Crippen molar-refractivity contribution < 1.29 is 9.32 Å². The van der Waals surface area contributed by atoms with Crippen molar-refractivity contribution in [1.82, 2.24) is 10.1 Å². The van der Waals surface area contributed by atoms with Gasteiger partial charge in [-0.25, -0.2) is 4.79 Å². The van der Waals surface area contributed by atoms with Crippen molar-refractivity contribution >= 4 is 40.2 Å². The van der Waals surface area contributed by atoms with Gasteiger partial charge in [-0.1, -0.05) is 28.9 Å². The third-order valence-electron chi connectivity index (χ3n) is 4.60. The zero-order valence-corrected chi connectivity index (χ0v) is 18.3. The first kappa shape index (κ1) is 20.9. The molecule has 9 heteroatoms. The van der Waals surface area contributed by atoms with Gasteiger partial charge in [0, 0.05) is 16.4 Å². The molecule has 7 nitrogen and oxygen atoms in total. The van der Waals surface area contributed by atoms with Crippen molar-refractivity contribution in [3.05, 3.63) is 75.6 Å². The maximum absolute atomic E-state index is 12.9. The molecule has 2 heterocycles. The molecule has 4 rings (SSSR count). The zero-order chi connectivity index (χ0) is 22.0. The number of thiophene rings is 1. The largest absolute Gasteiger partial charge is 0.439 e. The summed E-state index contributed by atoms with van der Waals surface area (Å²) in [5.74, 6) is -0.379. The fraction of sp³-hybridized carbons (Fsp3) is 0.136. The summed E-state index contributed by atoms with van der Waals surface area (Å²) in [5, 5.41) is 12.5. The van der Waals surface area contributed by atoms with E-state index in [1.54, 1.807) is 12.1 Å². The highest BCUT2D eigenvalue weighted by Gasteiger charge is 2.27. The van der Waals surface area contributed by atoms with Crippen molar-refractivity contribution in [2.45, 2.75) is 19.4 Å². The highest BCUT2D eigenvalue weighted by Crippen LogP contribution is 2.32. The van der Waals surface area contributed by atoms with Gasteiger partial charge in [-0.05, 0) is 72.8 Å². The number of aromatic nitrogens is 2. The molecule has 31 heavy (non-hydrogen) atoms. The fourth-order valence-corrected chi connectivity index (χ4v) is 3.94. The van der Waals surface area contributed by atoms with Crippen LogP contribution in [-0.2, 0) is 4.79 Å². The van der Waals surface area contributed by atoms with Crippen LogP contribution in [-0.4, -0.2) is 21.6 Å². The van der Waals surface area contributed by atoms with Crippen molar-refractivity contribution in [3.63, 3.8) is 0 Å². The van der Waals surface area contributed by atoms with Crippen LogP contribution in [0.2, 0.25) is 5.02 Å². The van der Waals surface area contributed by atoms with Gasteiger partial charge in [0.25, 0.3) is 0 Å². The lowest BCUT2D eigenvalue weighted by Gasteiger charge is -2.26. The van der Waals surface area contributed by atoms with E-state index in [-0.39, 0.29) is 5.91 Å². The van der Waals surface area contributed by atoms with Crippen LogP contribution in [0.15, 0.2) is 69.3 Å². The first-order chi connectivity index (χ1) is 14.8. The van der Waals surface area contributed by atoms with Crippen LogP contribution < -0.4 is 16.4 Å². The molecular weight excluding hydrogens is 436 g/mol. The summed E-state index contributed by atoms with van der Waals surface area (Å²) >= 11 is 7.36. The van der Waals surface area contributed by atoms with Crippen LogP contribution in [0.4, 0.5) is 11.4 Å². The summed E-state index contributed by atoms with van der Waals surface area (Å²) in [6.45, 7) is 3.62. The van der Waals surface area contributed by atoms with Gasteiger partial charge in [0.05, 0.1) is 4.88 Å². The minimum absolute atomic E-state index is 0.175. The van der Waals surface area contributed by atoms with E-state index >= 15 is 0 Å². The molecule has 0 aliphatic heterocycles. The second-order valence-electron chi connectivity index (χ2n) is 7.44. The Bertz CT molecular complexity index is 1270. The van der Waals surface area contributed by atoms with Crippen LogP contribution in [0.1, 0.15) is 13.8 Å². The van der Waals surface area contributed by atoms with E-state index in [0.29, 0.717) is 16.5 Å². The summed E-state index contributed by atoms with van der Waals surface area (Å²) in [6, 6.07) is 16.7. The average Bonchev–Trinajstić information content (AvgIpc) is 3.39. The van der Waals surface area contributed by atoms with Crippen LogP contribution in [0.25, 0.3) is 21.8 Å². The SMILES string of the molecule is CC(C)(Nc1ccc(Cl)cc1)C(=O)Nc1cccc(-c2csc(-c3noc(=O)[nH]3)c2)c1. The Hall–Kier alpha value is -3.36. The third-order valence-corrected chi connectivity index (χ3v) is 5.78. The zero-order valence-electron chi connectivity index (χ0n) is 16.7. The Labute approximate surface area is 187 Å². The lowest BCUT2D eigenvalue weighted by atomic mass is 10.0. The van der Waals surface area contributed by atoms with Crippen LogP contribution in [0, 0.1) is 0 Å². The van der Waals surface area contributed by atoms with Gasteiger partial charge in [-0.2, -0.15) is 0 Å². The number of carbonyl (C=O) groups excluding carboxylic acids is 1. The molecule has 158 valence electrons. The number of amides is 1. The molecule has 0 aliphatic rings. The predicted molar refractivity (Wildman–Crippen MR) is 124 cm³/mol. The predicted octanol–water partition coefficient (Wildman–Crippen LogP) is 5.24. The number of hydrogen-bond donors (Lipinski definition) is 3. The minimum atomic E-state index is -0.849. The highest BCUT2D eigenvalue weighted by atomic mass is 35.5. The number of halogens is 1. The number of H-pyrrole nitrogens is 1. The van der Waals surface area contributed by atoms with Crippen molar-refractivity contribution in [2.24, 2.45) is 0 Å². The van der Waals surface area contributed by atoms with E-state index in [0.717, 1.165) is 21.7 Å². The number of nitrogens with zero attached hydrogens (tertiary/aromatic N) is 1.